The number of carbonyl (C=O) groups is 1. The van der Waals surface area contributed by atoms with E-state index in [0.29, 0.717) is 6.54 Å². The van der Waals surface area contributed by atoms with E-state index in [4.69, 9.17) is 10.5 Å². The number of rotatable bonds is 8. The molecule has 0 aromatic carbocycles. The molecule has 0 fully saturated rings. The topological polar surface area (TPSA) is 111 Å². The van der Waals surface area contributed by atoms with E-state index < -0.39 is 16.3 Å². The Morgan fingerprint density at radius 1 is 1.37 bits per heavy atom. The van der Waals surface area contributed by atoms with E-state index in [1.54, 1.807) is 18.6 Å². The van der Waals surface area contributed by atoms with E-state index in [9.17, 15) is 13.2 Å². The van der Waals surface area contributed by atoms with Crippen LogP contribution >= 0.6 is 0 Å². The van der Waals surface area contributed by atoms with Gasteiger partial charge in [-0.25, -0.2) is 9.52 Å². The summed E-state index contributed by atoms with van der Waals surface area (Å²) in [6, 6.07) is 0. The standard InChI is InChI=1S/C11H25N3O4S/c1-9(2)18-10(15)14-19(16,17)13-8-11(3,4)6-5-7-12/h9,13H,5-8,12H2,1-4H3,(H,14,15). The van der Waals surface area contributed by atoms with E-state index in [0.717, 1.165) is 12.8 Å². The summed E-state index contributed by atoms with van der Waals surface area (Å²) in [6.07, 6.45) is 0.249. The van der Waals surface area contributed by atoms with Crippen molar-refractivity contribution in [2.75, 3.05) is 13.1 Å². The van der Waals surface area contributed by atoms with Crippen molar-refractivity contribution in [3.8, 4) is 0 Å². The second-order valence-corrected chi connectivity index (χ2v) is 6.94. The Morgan fingerprint density at radius 3 is 2.42 bits per heavy atom. The molecular formula is C11H25N3O4S. The Morgan fingerprint density at radius 2 is 1.95 bits per heavy atom. The van der Waals surface area contributed by atoms with Crippen molar-refractivity contribution < 1.29 is 17.9 Å². The van der Waals surface area contributed by atoms with Gasteiger partial charge in [-0.3, -0.25) is 0 Å². The molecule has 0 radical (unpaired) electrons. The quantitative estimate of drug-likeness (QED) is 0.611. The first-order valence-electron chi connectivity index (χ1n) is 6.26. The van der Waals surface area contributed by atoms with E-state index in [2.05, 4.69) is 4.72 Å². The molecule has 7 nitrogen and oxygen atoms in total. The zero-order valence-corrected chi connectivity index (χ0v) is 12.8. The van der Waals surface area contributed by atoms with Crippen molar-refractivity contribution in [2.45, 2.75) is 46.6 Å². The molecule has 0 heterocycles. The molecule has 0 rings (SSSR count). The molecule has 4 N–H and O–H groups in total. The molecule has 8 heteroatoms. The highest BCUT2D eigenvalue weighted by molar-refractivity contribution is 7.88. The predicted octanol–water partition coefficient (Wildman–Crippen LogP) is 0.721. The van der Waals surface area contributed by atoms with Gasteiger partial charge < -0.3 is 10.5 Å². The third-order valence-corrected chi connectivity index (χ3v) is 3.32. The lowest BCUT2D eigenvalue weighted by molar-refractivity contribution is 0.121. The van der Waals surface area contributed by atoms with Crippen molar-refractivity contribution >= 4 is 16.3 Å². The molecule has 19 heavy (non-hydrogen) atoms. The maximum Gasteiger partial charge on any atom is 0.422 e. The van der Waals surface area contributed by atoms with Crippen molar-refractivity contribution in [3.63, 3.8) is 0 Å². The van der Waals surface area contributed by atoms with Crippen LogP contribution in [0.5, 0.6) is 0 Å². The van der Waals surface area contributed by atoms with Crippen LogP contribution in [0.25, 0.3) is 0 Å². The fourth-order valence-corrected chi connectivity index (χ4v) is 2.26. The number of nitrogens with two attached hydrogens (primary N) is 1. The van der Waals surface area contributed by atoms with E-state index in [1.165, 1.54) is 0 Å². The first-order chi connectivity index (χ1) is 8.58. The molecule has 0 atom stereocenters. The molecule has 114 valence electrons. The molecule has 0 saturated carbocycles. The van der Waals surface area contributed by atoms with Crippen molar-refractivity contribution in [1.82, 2.24) is 9.44 Å². The first kappa shape index (κ1) is 18.1. The molecule has 0 aliphatic heterocycles. The van der Waals surface area contributed by atoms with Gasteiger partial charge in [-0.05, 0) is 38.6 Å². The number of ether oxygens (including phenoxy) is 1. The third kappa shape index (κ3) is 9.69. The molecule has 0 spiro atoms. The molecule has 0 aliphatic rings. The SMILES string of the molecule is CC(C)OC(=O)NS(=O)(=O)NCC(C)(C)CCCN. The van der Waals surface area contributed by atoms with Crippen LogP contribution in [0.1, 0.15) is 40.5 Å². The van der Waals surface area contributed by atoms with Crippen LogP contribution in [-0.4, -0.2) is 33.7 Å². The Labute approximate surface area is 115 Å². The largest absolute Gasteiger partial charge is 0.446 e. The summed E-state index contributed by atoms with van der Waals surface area (Å²) in [5.41, 5.74) is 5.19. The highest BCUT2D eigenvalue weighted by Crippen LogP contribution is 2.20. The summed E-state index contributed by atoms with van der Waals surface area (Å²) in [4.78, 5) is 11.2. The van der Waals surface area contributed by atoms with Gasteiger partial charge in [0.05, 0.1) is 6.10 Å². The minimum atomic E-state index is -3.89. The Kier molecular flexibility index (Phi) is 7.32. The molecular weight excluding hydrogens is 270 g/mol. The molecule has 0 unspecified atom stereocenters. The maximum atomic E-state index is 11.6. The van der Waals surface area contributed by atoms with Gasteiger partial charge in [0.15, 0.2) is 0 Å². The van der Waals surface area contributed by atoms with Crippen LogP contribution in [0.15, 0.2) is 0 Å². The number of hydrogen-bond acceptors (Lipinski definition) is 5. The molecule has 0 aromatic heterocycles. The van der Waals surface area contributed by atoms with Crippen LogP contribution in [0.3, 0.4) is 0 Å². The Hall–Kier alpha value is -0.860. The van der Waals surface area contributed by atoms with Gasteiger partial charge in [-0.1, -0.05) is 13.8 Å². The van der Waals surface area contributed by atoms with Crippen LogP contribution in [0, 0.1) is 5.41 Å². The zero-order valence-electron chi connectivity index (χ0n) is 12.0. The highest BCUT2D eigenvalue weighted by Gasteiger charge is 2.22. The van der Waals surface area contributed by atoms with Gasteiger partial charge >= 0.3 is 16.3 Å². The summed E-state index contributed by atoms with van der Waals surface area (Å²) >= 11 is 0. The number of carbonyl (C=O) groups excluding carboxylic acids is 1. The minimum absolute atomic E-state index is 0.220. The van der Waals surface area contributed by atoms with E-state index in [-0.39, 0.29) is 18.1 Å². The lowest BCUT2D eigenvalue weighted by Gasteiger charge is -2.24. The maximum absolute atomic E-state index is 11.6. The summed E-state index contributed by atoms with van der Waals surface area (Å²) in [7, 11) is -3.89. The number of amides is 1. The normalized spacial score (nSPS) is 12.5. The van der Waals surface area contributed by atoms with Crippen molar-refractivity contribution in [1.29, 1.82) is 0 Å². The second-order valence-electron chi connectivity index (χ2n) is 5.44. The summed E-state index contributed by atoms with van der Waals surface area (Å²) in [6.45, 7) is 7.91. The van der Waals surface area contributed by atoms with Crippen LogP contribution in [0.2, 0.25) is 0 Å². The summed E-state index contributed by atoms with van der Waals surface area (Å²) < 4.78 is 32.0. The van der Waals surface area contributed by atoms with Crippen molar-refractivity contribution in [3.05, 3.63) is 0 Å². The Balaban J connectivity index is 4.27. The smallest absolute Gasteiger partial charge is 0.422 e. The fraction of sp³-hybridized carbons (Fsp3) is 0.909. The van der Waals surface area contributed by atoms with E-state index >= 15 is 0 Å². The summed E-state index contributed by atoms with van der Waals surface area (Å²) in [5, 5.41) is 0. The number of nitrogens with one attached hydrogen (secondary N) is 2. The molecule has 0 saturated heterocycles. The second kappa shape index (κ2) is 7.66. The summed E-state index contributed by atoms with van der Waals surface area (Å²) in [5.74, 6) is 0. The van der Waals surface area contributed by atoms with Crippen LogP contribution < -0.4 is 15.2 Å². The monoisotopic (exact) mass is 295 g/mol. The minimum Gasteiger partial charge on any atom is -0.446 e. The third-order valence-electron chi connectivity index (χ3n) is 2.36. The molecule has 0 aromatic rings. The zero-order chi connectivity index (χ0) is 15.1. The Bertz CT molecular complexity index is 379. The van der Waals surface area contributed by atoms with Gasteiger partial charge in [0.25, 0.3) is 0 Å². The molecule has 0 aliphatic carbocycles. The van der Waals surface area contributed by atoms with Gasteiger partial charge in [-0.2, -0.15) is 13.1 Å². The number of hydrogen-bond donors (Lipinski definition) is 3. The van der Waals surface area contributed by atoms with E-state index in [1.807, 2.05) is 13.8 Å². The van der Waals surface area contributed by atoms with Gasteiger partial charge in [0.2, 0.25) is 0 Å². The van der Waals surface area contributed by atoms with Crippen LogP contribution in [0.4, 0.5) is 4.79 Å². The lowest BCUT2D eigenvalue weighted by atomic mass is 9.88. The van der Waals surface area contributed by atoms with Crippen LogP contribution in [-0.2, 0) is 14.9 Å². The molecule has 1 amide bonds. The average Bonchev–Trinajstić information content (AvgIpc) is 2.22. The van der Waals surface area contributed by atoms with Gasteiger partial charge in [-0.15, -0.1) is 0 Å². The first-order valence-corrected chi connectivity index (χ1v) is 7.74. The average molecular weight is 295 g/mol. The van der Waals surface area contributed by atoms with Gasteiger partial charge in [0, 0.05) is 6.54 Å². The lowest BCUT2D eigenvalue weighted by Crippen LogP contribution is -2.44. The predicted molar refractivity (Wildman–Crippen MR) is 73.7 cm³/mol. The highest BCUT2D eigenvalue weighted by atomic mass is 32.2. The fourth-order valence-electron chi connectivity index (χ4n) is 1.34. The molecule has 0 bridgehead atoms. The van der Waals surface area contributed by atoms with Gasteiger partial charge in [0.1, 0.15) is 0 Å². The van der Waals surface area contributed by atoms with Crippen molar-refractivity contribution in [2.24, 2.45) is 11.1 Å².